The molecule has 0 spiro atoms. The highest BCUT2D eigenvalue weighted by molar-refractivity contribution is 5.06. The van der Waals surface area contributed by atoms with Crippen LogP contribution < -0.4 is 5.32 Å². The quantitative estimate of drug-likeness (QED) is 0.685. The zero-order valence-corrected chi connectivity index (χ0v) is 9.16. The van der Waals surface area contributed by atoms with Gasteiger partial charge in [0.2, 0.25) is 0 Å². The van der Waals surface area contributed by atoms with Crippen LogP contribution in [0.1, 0.15) is 26.0 Å². The number of hydrogen-bond acceptors (Lipinski definition) is 1. The molecule has 1 rings (SSSR count). The molecule has 1 N–H and O–H groups in total. The van der Waals surface area contributed by atoms with Crippen molar-refractivity contribution in [1.29, 1.82) is 0 Å². The van der Waals surface area contributed by atoms with Crippen molar-refractivity contribution in [3.8, 4) is 0 Å². The summed E-state index contributed by atoms with van der Waals surface area (Å²) in [6.07, 6.45) is 5.10. The SMILES string of the molecule is C=CCC(C)NCc1cccn1CC. The zero-order valence-electron chi connectivity index (χ0n) is 9.16. The molecule has 0 fully saturated rings. The van der Waals surface area contributed by atoms with E-state index in [2.05, 4.69) is 48.6 Å². The van der Waals surface area contributed by atoms with Crippen LogP contribution in [-0.2, 0) is 13.1 Å². The predicted molar refractivity (Wildman–Crippen MR) is 61.2 cm³/mol. The average Bonchev–Trinajstić information content (AvgIpc) is 2.62. The van der Waals surface area contributed by atoms with Crippen LogP contribution in [0, 0.1) is 0 Å². The van der Waals surface area contributed by atoms with Crippen LogP contribution >= 0.6 is 0 Å². The van der Waals surface area contributed by atoms with E-state index in [1.165, 1.54) is 5.69 Å². The fourth-order valence-electron chi connectivity index (χ4n) is 1.53. The van der Waals surface area contributed by atoms with E-state index in [0.717, 1.165) is 19.5 Å². The van der Waals surface area contributed by atoms with Gasteiger partial charge in [-0.25, -0.2) is 0 Å². The summed E-state index contributed by atoms with van der Waals surface area (Å²) in [7, 11) is 0. The van der Waals surface area contributed by atoms with Gasteiger partial charge in [0.25, 0.3) is 0 Å². The molecule has 0 aliphatic carbocycles. The maximum absolute atomic E-state index is 3.73. The van der Waals surface area contributed by atoms with Gasteiger partial charge in [0.15, 0.2) is 0 Å². The van der Waals surface area contributed by atoms with Gasteiger partial charge in [-0.3, -0.25) is 0 Å². The Kier molecular flexibility index (Phi) is 4.47. The Morgan fingerprint density at radius 2 is 2.43 bits per heavy atom. The average molecular weight is 192 g/mol. The maximum Gasteiger partial charge on any atom is 0.0361 e. The maximum atomic E-state index is 3.73. The molecule has 0 aliphatic rings. The van der Waals surface area contributed by atoms with Crippen molar-refractivity contribution >= 4 is 0 Å². The molecule has 78 valence electrons. The van der Waals surface area contributed by atoms with Gasteiger partial charge in [-0.2, -0.15) is 0 Å². The standard InChI is InChI=1S/C12H20N2/c1-4-7-11(3)13-10-12-8-6-9-14(12)5-2/h4,6,8-9,11,13H,1,5,7,10H2,2-3H3. The predicted octanol–water partition coefficient (Wildman–Crippen LogP) is 2.56. The molecule has 2 heteroatoms. The molecule has 0 bridgehead atoms. The summed E-state index contributed by atoms with van der Waals surface area (Å²) in [6, 6.07) is 4.77. The van der Waals surface area contributed by atoms with Crippen LogP contribution in [0.15, 0.2) is 31.0 Å². The molecule has 0 amide bonds. The lowest BCUT2D eigenvalue weighted by molar-refractivity contribution is 0.533. The fraction of sp³-hybridized carbons (Fsp3) is 0.500. The monoisotopic (exact) mass is 192 g/mol. The van der Waals surface area contributed by atoms with E-state index in [9.17, 15) is 0 Å². The number of aromatic nitrogens is 1. The third kappa shape index (κ3) is 3.04. The second-order valence-corrected chi connectivity index (χ2v) is 3.59. The lowest BCUT2D eigenvalue weighted by Crippen LogP contribution is -2.25. The Balaban J connectivity index is 2.40. The van der Waals surface area contributed by atoms with Crippen LogP contribution in [0.3, 0.4) is 0 Å². The van der Waals surface area contributed by atoms with Crippen molar-refractivity contribution in [1.82, 2.24) is 9.88 Å². The summed E-state index contributed by atoms with van der Waals surface area (Å²) in [4.78, 5) is 0. The summed E-state index contributed by atoms with van der Waals surface area (Å²) < 4.78 is 2.26. The van der Waals surface area contributed by atoms with E-state index in [1.54, 1.807) is 0 Å². The van der Waals surface area contributed by atoms with E-state index in [4.69, 9.17) is 0 Å². The van der Waals surface area contributed by atoms with Crippen LogP contribution in [0.2, 0.25) is 0 Å². The number of nitrogens with zero attached hydrogens (tertiary/aromatic N) is 1. The number of rotatable bonds is 6. The van der Waals surface area contributed by atoms with Crippen molar-refractivity contribution in [3.05, 3.63) is 36.7 Å². The highest BCUT2D eigenvalue weighted by Gasteiger charge is 2.01. The van der Waals surface area contributed by atoms with Crippen LogP contribution in [0.4, 0.5) is 0 Å². The highest BCUT2D eigenvalue weighted by Crippen LogP contribution is 2.02. The molecular weight excluding hydrogens is 172 g/mol. The minimum Gasteiger partial charge on any atom is -0.351 e. The first kappa shape index (κ1) is 11.1. The van der Waals surface area contributed by atoms with Crippen LogP contribution in [0.25, 0.3) is 0 Å². The summed E-state index contributed by atoms with van der Waals surface area (Å²) in [5.41, 5.74) is 1.35. The second-order valence-electron chi connectivity index (χ2n) is 3.59. The molecular formula is C12H20N2. The third-order valence-electron chi connectivity index (χ3n) is 2.42. The Labute approximate surface area is 86.6 Å². The Bertz CT molecular complexity index is 276. The zero-order chi connectivity index (χ0) is 10.4. The molecule has 0 radical (unpaired) electrons. The Morgan fingerprint density at radius 1 is 1.64 bits per heavy atom. The van der Waals surface area contributed by atoms with E-state index in [-0.39, 0.29) is 0 Å². The van der Waals surface area contributed by atoms with Crippen molar-refractivity contribution in [3.63, 3.8) is 0 Å². The molecule has 2 nitrogen and oxygen atoms in total. The summed E-state index contributed by atoms with van der Waals surface area (Å²) in [6.45, 7) is 10.1. The molecule has 1 aromatic rings. The summed E-state index contributed by atoms with van der Waals surface area (Å²) >= 11 is 0. The van der Waals surface area contributed by atoms with Gasteiger partial charge in [-0.05, 0) is 32.4 Å². The normalized spacial score (nSPS) is 12.7. The van der Waals surface area contributed by atoms with Gasteiger partial charge < -0.3 is 9.88 Å². The Hall–Kier alpha value is -1.02. The van der Waals surface area contributed by atoms with Crippen molar-refractivity contribution in [2.45, 2.75) is 39.4 Å². The topological polar surface area (TPSA) is 17.0 Å². The van der Waals surface area contributed by atoms with Crippen LogP contribution in [-0.4, -0.2) is 10.6 Å². The van der Waals surface area contributed by atoms with Gasteiger partial charge >= 0.3 is 0 Å². The summed E-state index contributed by atoms with van der Waals surface area (Å²) in [5, 5.41) is 3.47. The van der Waals surface area contributed by atoms with Gasteiger partial charge in [0, 0.05) is 31.0 Å². The molecule has 0 saturated carbocycles. The smallest absolute Gasteiger partial charge is 0.0361 e. The largest absolute Gasteiger partial charge is 0.351 e. The lowest BCUT2D eigenvalue weighted by atomic mass is 10.2. The van der Waals surface area contributed by atoms with Gasteiger partial charge in [0.1, 0.15) is 0 Å². The Morgan fingerprint density at radius 3 is 3.07 bits per heavy atom. The third-order valence-corrected chi connectivity index (χ3v) is 2.42. The van der Waals surface area contributed by atoms with Gasteiger partial charge in [0.05, 0.1) is 0 Å². The molecule has 1 atom stereocenters. The molecule has 1 aromatic heterocycles. The number of hydrogen-bond donors (Lipinski definition) is 1. The fourth-order valence-corrected chi connectivity index (χ4v) is 1.53. The van der Waals surface area contributed by atoms with E-state index >= 15 is 0 Å². The first-order valence-electron chi connectivity index (χ1n) is 5.26. The highest BCUT2D eigenvalue weighted by atomic mass is 15.0. The molecule has 0 aromatic carbocycles. The van der Waals surface area contributed by atoms with Crippen molar-refractivity contribution < 1.29 is 0 Å². The van der Waals surface area contributed by atoms with Crippen LogP contribution in [0.5, 0.6) is 0 Å². The minimum absolute atomic E-state index is 0.507. The first-order chi connectivity index (χ1) is 6.77. The summed E-state index contributed by atoms with van der Waals surface area (Å²) in [5.74, 6) is 0. The number of nitrogens with one attached hydrogen (secondary N) is 1. The van der Waals surface area contributed by atoms with E-state index in [1.807, 2.05) is 6.08 Å². The first-order valence-corrected chi connectivity index (χ1v) is 5.26. The van der Waals surface area contributed by atoms with Crippen molar-refractivity contribution in [2.75, 3.05) is 0 Å². The second kappa shape index (κ2) is 5.66. The van der Waals surface area contributed by atoms with Gasteiger partial charge in [-0.15, -0.1) is 6.58 Å². The minimum atomic E-state index is 0.507. The van der Waals surface area contributed by atoms with E-state index in [0.29, 0.717) is 6.04 Å². The van der Waals surface area contributed by atoms with Gasteiger partial charge in [-0.1, -0.05) is 6.08 Å². The van der Waals surface area contributed by atoms with Crippen molar-refractivity contribution in [2.24, 2.45) is 0 Å². The molecule has 0 saturated heterocycles. The van der Waals surface area contributed by atoms with E-state index < -0.39 is 0 Å². The lowest BCUT2D eigenvalue weighted by Gasteiger charge is -2.12. The molecule has 1 heterocycles. The molecule has 0 aliphatic heterocycles. The molecule has 1 unspecified atom stereocenters. The molecule has 14 heavy (non-hydrogen) atoms. The number of aryl methyl sites for hydroxylation is 1.